The second-order valence-corrected chi connectivity index (χ2v) is 7.08. The Morgan fingerprint density at radius 3 is 2.26 bits per heavy atom. The van der Waals surface area contributed by atoms with Crippen molar-refractivity contribution in [2.45, 2.75) is 32.4 Å². The SMILES string of the molecule is CCC(NC(C)CS(C)(=O)=O)c1ccc(OC)cc1. The van der Waals surface area contributed by atoms with Gasteiger partial charge in [0.1, 0.15) is 15.6 Å². The van der Waals surface area contributed by atoms with Crippen molar-refractivity contribution in [1.82, 2.24) is 5.32 Å². The van der Waals surface area contributed by atoms with E-state index in [2.05, 4.69) is 12.2 Å². The number of hydrogen-bond acceptors (Lipinski definition) is 4. The summed E-state index contributed by atoms with van der Waals surface area (Å²) in [6.07, 6.45) is 2.17. The zero-order chi connectivity index (χ0) is 14.5. The number of methoxy groups -OCH3 is 1. The number of sulfone groups is 1. The molecule has 0 aliphatic carbocycles. The van der Waals surface area contributed by atoms with Crippen LogP contribution in [0.4, 0.5) is 0 Å². The topological polar surface area (TPSA) is 55.4 Å². The van der Waals surface area contributed by atoms with E-state index in [9.17, 15) is 8.42 Å². The first-order valence-corrected chi connectivity index (χ1v) is 8.49. The Kier molecular flexibility index (Phi) is 5.82. The van der Waals surface area contributed by atoms with Crippen LogP contribution in [-0.4, -0.2) is 33.6 Å². The number of ether oxygens (including phenoxy) is 1. The van der Waals surface area contributed by atoms with Crippen LogP contribution in [0, 0.1) is 0 Å². The molecule has 0 spiro atoms. The number of benzene rings is 1. The molecule has 0 saturated heterocycles. The highest BCUT2D eigenvalue weighted by molar-refractivity contribution is 7.90. The van der Waals surface area contributed by atoms with E-state index >= 15 is 0 Å². The summed E-state index contributed by atoms with van der Waals surface area (Å²) >= 11 is 0. The summed E-state index contributed by atoms with van der Waals surface area (Å²) in [5.74, 6) is 0.974. The van der Waals surface area contributed by atoms with Crippen molar-refractivity contribution in [3.8, 4) is 5.75 Å². The van der Waals surface area contributed by atoms with Crippen LogP contribution >= 0.6 is 0 Å². The number of nitrogens with one attached hydrogen (secondary N) is 1. The Hall–Kier alpha value is -1.07. The molecule has 0 bridgehead atoms. The Morgan fingerprint density at radius 2 is 1.84 bits per heavy atom. The van der Waals surface area contributed by atoms with E-state index in [0.717, 1.165) is 17.7 Å². The molecule has 0 heterocycles. The zero-order valence-electron chi connectivity index (χ0n) is 12.0. The summed E-state index contributed by atoms with van der Waals surface area (Å²) in [5, 5.41) is 3.36. The monoisotopic (exact) mass is 285 g/mol. The van der Waals surface area contributed by atoms with Gasteiger partial charge < -0.3 is 10.1 Å². The van der Waals surface area contributed by atoms with Gasteiger partial charge in [-0.2, -0.15) is 0 Å². The second kappa shape index (κ2) is 6.91. The van der Waals surface area contributed by atoms with E-state index in [0.29, 0.717) is 0 Å². The van der Waals surface area contributed by atoms with Gasteiger partial charge in [-0.3, -0.25) is 0 Å². The summed E-state index contributed by atoms with van der Waals surface area (Å²) in [6.45, 7) is 3.97. The molecule has 0 fully saturated rings. The fourth-order valence-corrected chi connectivity index (χ4v) is 3.14. The van der Waals surface area contributed by atoms with Gasteiger partial charge in [0.2, 0.25) is 0 Å². The Bertz CT molecular complexity index is 482. The van der Waals surface area contributed by atoms with Gasteiger partial charge in [0, 0.05) is 18.3 Å². The molecular weight excluding hydrogens is 262 g/mol. The van der Waals surface area contributed by atoms with Gasteiger partial charge in [-0.1, -0.05) is 19.1 Å². The van der Waals surface area contributed by atoms with Crippen LogP contribution in [-0.2, 0) is 9.84 Å². The Labute approximate surface area is 116 Å². The molecule has 0 radical (unpaired) electrons. The smallest absolute Gasteiger partial charge is 0.148 e. The maximum absolute atomic E-state index is 11.3. The lowest BCUT2D eigenvalue weighted by Crippen LogP contribution is -2.35. The molecule has 5 heteroatoms. The molecule has 0 aliphatic heterocycles. The molecule has 1 aromatic rings. The average molecular weight is 285 g/mol. The molecule has 0 amide bonds. The molecular formula is C14H23NO3S. The molecule has 0 aliphatic rings. The molecule has 0 aromatic heterocycles. The second-order valence-electron chi connectivity index (χ2n) is 4.89. The van der Waals surface area contributed by atoms with Crippen LogP contribution in [0.25, 0.3) is 0 Å². The molecule has 0 saturated carbocycles. The van der Waals surface area contributed by atoms with Crippen molar-refractivity contribution in [2.24, 2.45) is 0 Å². The molecule has 1 rings (SSSR count). The summed E-state index contributed by atoms with van der Waals surface area (Å²) in [4.78, 5) is 0. The van der Waals surface area contributed by atoms with Crippen molar-refractivity contribution >= 4 is 9.84 Å². The van der Waals surface area contributed by atoms with Crippen LogP contribution in [0.15, 0.2) is 24.3 Å². The molecule has 1 N–H and O–H groups in total. The quantitative estimate of drug-likeness (QED) is 0.834. The number of hydrogen-bond donors (Lipinski definition) is 1. The van der Waals surface area contributed by atoms with Gasteiger partial charge in [-0.05, 0) is 31.0 Å². The third-order valence-electron chi connectivity index (χ3n) is 2.96. The molecule has 2 unspecified atom stereocenters. The minimum absolute atomic E-state index is 0.0675. The molecule has 108 valence electrons. The average Bonchev–Trinajstić information content (AvgIpc) is 2.34. The van der Waals surface area contributed by atoms with Gasteiger partial charge in [0.15, 0.2) is 0 Å². The van der Waals surface area contributed by atoms with Crippen molar-refractivity contribution < 1.29 is 13.2 Å². The maximum Gasteiger partial charge on any atom is 0.148 e. The van der Waals surface area contributed by atoms with Crippen molar-refractivity contribution in [3.05, 3.63) is 29.8 Å². The Balaban J connectivity index is 2.71. The first-order valence-electron chi connectivity index (χ1n) is 6.43. The van der Waals surface area contributed by atoms with E-state index in [1.807, 2.05) is 31.2 Å². The summed E-state index contributed by atoms with van der Waals surface area (Å²) in [6, 6.07) is 7.94. The first kappa shape index (κ1) is 16.0. The zero-order valence-corrected chi connectivity index (χ0v) is 12.8. The fourth-order valence-electron chi connectivity index (χ4n) is 2.13. The van der Waals surface area contributed by atoms with Crippen molar-refractivity contribution in [3.63, 3.8) is 0 Å². The van der Waals surface area contributed by atoms with Crippen molar-refractivity contribution in [2.75, 3.05) is 19.1 Å². The van der Waals surface area contributed by atoms with Gasteiger partial charge >= 0.3 is 0 Å². The lowest BCUT2D eigenvalue weighted by Gasteiger charge is -2.22. The fraction of sp³-hybridized carbons (Fsp3) is 0.571. The highest BCUT2D eigenvalue weighted by Gasteiger charge is 2.16. The van der Waals surface area contributed by atoms with Crippen LogP contribution in [0.3, 0.4) is 0 Å². The standard InChI is InChI=1S/C14H23NO3S/c1-5-14(15-11(2)10-19(4,16)17)12-6-8-13(18-3)9-7-12/h6-9,11,14-15H,5,10H2,1-4H3. The summed E-state index contributed by atoms with van der Waals surface area (Å²) < 4.78 is 27.7. The van der Waals surface area contributed by atoms with Gasteiger partial charge in [0.25, 0.3) is 0 Å². The third-order valence-corrected chi connectivity index (χ3v) is 4.07. The van der Waals surface area contributed by atoms with Crippen LogP contribution in [0.1, 0.15) is 31.9 Å². The molecule has 4 nitrogen and oxygen atoms in total. The normalized spacial score (nSPS) is 14.9. The highest BCUT2D eigenvalue weighted by atomic mass is 32.2. The lowest BCUT2D eigenvalue weighted by molar-refractivity contribution is 0.413. The summed E-state index contributed by atoms with van der Waals surface area (Å²) in [7, 11) is -1.31. The van der Waals surface area contributed by atoms with E-state index in [4.69, 9.17) is 4.74 Å². The number of rotatable bonds is 7. The van der Waals surface area contributed by atoms with Gasteiger partial charge in [-0.15, -0.1) is 0 Å². The van der Waals surface area contributed by atoms with E-state index in [1.54, 1.807) is 7.11 Å². The predicted octanol–water partition coefficient (Wildman–Crippen LogP) is 2.17. The molecule has 2 atom stereocenters. The maximum atomic E-state index is 11.3. The molecule has 19 heavy (non-hydrogen) atoms. The third kappa shape index (κ3) is 5.61. The first-order chi connectivity index (χ1) is 8.85. The van der Waals surface area contributed by atoms with E-state index < -0.39 is 9.84 Å². The van der Waals surface area contributed by atoms with E-state index in [1.165, 1.54) is 6.26 Å². The Morgan fingerprint density at radius 1 is 1.26 bits per heavy atom. The minimum Gasteiger partial charge on any atom is -0.497 e. The predicted molar refractivity (Wildman–Crippen MR) is 78.3 cm³/mol. The largest absolute Gasteiger partial charge is 0.497 e. The molecule has 1 aromatic carbocycles. The van der Waals surface area contributed by atoms with Crippen LogP contribution in [0.5, 0.6) is 5.75 Å². The van der Waals surface area contributed by atoms with Crippen LogP contribution in [0.2, 0.25) is 0 Å². The van der Waals surface area contributed by atoms with Crippen LogP contribution < -0.4 is 10.1 Å². The lowest BCUT2D eigenvalue weighted by atomic mass is 10.0. The minimum atomic E-state index is -2.95. The van der Waals surface area contributed by atoms with Crippen molar-refractivity contribution in [1.29, 1.82) is 0 Å². The highest BCUT2D eigenvalue weighted by Crippen LogP contribution is 2.20. The van der Waals surface area contributed by atoms with Gasteiger partial charge in [0.05, 0.1) is 12.9 Å². The van der Waals surface area contributed by atoms with Gasteiger partial charge in [-0.25, -0.2) is 8.42 Å². The van der Waals surface area contributed by atoms with E-state index in [-0.39, 0.29) is 17.8 Å². The summed E-state index contributed by atoms with van der Waals surface area (Å²) in [5.41, 5.74) is 1.14.